The first-order valence-corrected chi connectivity index (χ1v) is 14.4. The highest BCUT2D eigenvalue weighted by molar-refractivity contribution is 7.51. The van der Waals surface area contributed by atoms with Crippen LogP contribution < -0.4 is 15.6 Å². The Morgan fingerprint density at radius 3 is 2.71 bits per heavy atom. The summed E-state index contributed by atoms with van der Waals surface area (Å²) in [6, 6.07) is 7.83. The first kappa shape index (κ1) is 30.5. The van der Waals surface area contributed by atoms with E-state index >= 15 is 0 Å². The van der Waals surface area contributed by atoms with E-state index in [0.29, 0.717) is 17.7 Å². The van der Waals surface area contributed by atoms with Crippen molar-refractivity contribution in [3.8, 4) is 5.88 Å². The third-order valence-corrected chi connectivity index (χ3v) is 8.54. The molecule has 2 unspecified atom stereocenters. The fourth-order valence-electron chi connectivity index (χ4n) is 4.42. The van der Waals surface area contributed by atoms with Crippen molar-refractivity contribution in [3.05, 3.63) is 42.2 Å². The standard InChI is InChI=1S/C25H34N7O8P/c1-6-37-21-18-20(29-24(26)30-21)32(13-28-18)23-25(4,27-5)19(33)17(39-23)12-38-41(36,31-14(2)22(34)35)40-15(3)16-10-8-7-9-11-16/h7-11,13-15,17,19,23,33H,5-6,12H2,1-4H3,(H,31,36)(H,34,35)(H2,26,29,30)/p+1/t14-,15?,17+,19+,23+,25+,41?/m0/s1. The topological polar surface area (TPSA) is 208 Å². The Morgan fingerprint density at radius 1 is 1.37 bits per heavy atom. The number of carbonyl (C=O) groups excluding carboxylic acids is 1. The quantitative estimate of drug-likeness (QED) is 0.147. The molecule has 1 saturated heterocycles. The molecule has 1 aliphatic heterocycles. The summed E-state index contributed by atoms with van der Waals surface area (Å²) in [6.07, 6.45) is -2.62. The van der Waals surface area contributed by atoms with Gasteiger partial charge in [-0.15, -0.1) is 0 Å². The van der Waals surface area contributed by atoms with Crippen LogP contribution in [0.2, 0.25) is 0 Å². The number of hydrogen-bond donors (Lipinski definition) is 3. The molecule has 16 heteroatoms. The Bertz CT molecular complexity index is 1440. The summed E-state index contributed by atoms with van der Waals surface area (Å²) in [7, 11) is -4.22. The van der Waals surface area contributed by atoms with Gasteiger partial charge in [0.15, 0.2) is 23.4 Å². The molecule has 4 rings (SSSR count). The lowest BCUT2D eigenvalue weighted by Crippen LogP contribution is -2.43. The number of aliphatic imine (C=N–C) groups is 1. The number of aliphatic hydroxyl groups is 1. The minimum atomic E-state index is -4.22. The van der Waals surface area contributed by atoms with Gasteiger partial charge in [0.25, 0.3) is 0 Å². The smallest absolute Gasteiger partial charge is 0.533 e. The number of nitrogens with zero attached hydrogens (tertiary/aromatic N) is 5. The lowest BCUT2D eigenvalue weighted by atomic mass is 9.93. The molecule has 1 aliphatic rings. The Kier molecular flexibility index (Phi) is 9.07. The molecule has 0 saturated carbocycles. The van der Waals surface area contributed by atoms with Gasteiger partial charge in [0.2, 0.25) is 11.8 Å². The number of nitrogens with one attached hydrogen (secondary N) is 1. The maximum Gasteiger partial charge on any atom is 0.533 e. The highest BCUT2D eigenvalue weighted by atomic mass is 31.2. The van der Waals surface area contributed by atoms with Crippen molar-refractivity contribution in [2.75, 3.05) is 18.9 Å². The lowest BCUT2D eigenvalue weighted by Gasteiger charge is -2.29. The fraction of sp³-hybridized carbons (Fsp3) is 0.480. The first-order chi connectivity index (χ1) is 19.4. The van der Waals surface area contributed by atoms with Crippen LogP contribution in [0.5, 0.6) is 5.88 Å². The normalized spacial score (nSPS) is 25.4. The molecule has 15 nitrogen and oxygen atoms in total. The third-order valence-electron chi connectivity index (χ3n) is 6.76. The molecule has 3 heterocycles. The summed E-state index contributed by atoms with van der Waals surface area (Å²) in [4.78, 5) is 28.5. The van der Waals surface area contributed by atoms with Crippen molar-refractivity contribution in [2.24, 2.45) is 4.99 Å². The van der Waals surface area contributed by atoms with E-state index in [4.69, 9.17) is 29.4 Å². The first-order valence-electron chi connectivity index (χ1n) is 12.9. The molecule has 222 valence electrons. The molecular weight excluding hydrogens is 557 g/mol. The molecule has 0 radical (unpaired) electrons. The molecule has 1 fully saturated rings. The SMILES string of the molecule is C=N[C@]1(C)[C@H](O)[C@@H](COP(=O)(N[C@@H](C)C(=O)[OH2+])OC(C)c2ccccc2)O[C@H]1n1cnc2c(OCC)nc(N)nc21. The number of carbonyl (C=O) groups is 1. The molecule has 0 amide bonds. The molecule has 0 bridgehead atoms. The second-order valence-corrected chi connectivity index (χ2v) is 11.4. The number of aromatic nitrogens is 4. The summed E-state index contributed by atoms with van der Waals surface area (Å²) in [5.74, 6) is -0.871. The fourth-order valence-corrected chi connectivity index (χ4v) is 6.09. The van der Waals surface area contributed by atoms with Gasteiger partial charge >= 0.3 is 13.7 Å². The third kappa shape index (κ3) is 6.25. The van der Waals surface area contributed by atoms with Gasteiger partial charge in [-0.25, -0.2) is 14.6 Å². The van der Waals surface area contributed by atoms with Gasteiger partial charge in [-0.1, -0.05) is 30.3 Å². The zero-order chi connectivity index (χ0) is 29.9. The largest absolute Gasteiger partial charge is 0.564 e. The molecule has 2 aromatic heterocycles. The van der Waals surface area contributed by atoms with Crippen molar-refractivity contribution in [2.45, 2.75) is 63.8 Å². The van der Waals surface area contributed by atoms with Crippen LogP contribution in [0.1, 0.15) is 45.6 Å². The maximum atomic E-state index is 13.8. The molecule has 7 atom stereocenters. The molecule has 0 spiro atoms. The number of hydrogen-bond acceptors (Lipinski definition) is 12. The maximum absolute atomic E-state index is 13.8. The van der Waals surface area contributed by atoms with E-state index in [1.54, 1.807) is 45.0 Å². The average molecular weight is 593 g/mol. The number of ether oxygens (including phenoxy) is 2. The number of benzene rings is 1. The zero-order valence-corrected chi connectivity index (χ0v) is 24.0. The van der Waals surface area contributed by atoms with E-state index in [9.17, 15) is 14.5 Å². The van der Waals surface area contributed by atoms with Crippen LogP contribution in [0.3, 0.4) is 0 Å². The summed E-state index contributed by atoms with van der Waals surface area (Å²) < 4.78 is 38.5. The van der Waals surface area contributed by atoms with Crippen molar-refractivity contribution in [1.82, 2.24) is 24.6 Å². The summed E-state index contributed by atoms with van der Waals surface area (Å²) in [5.41, 5.74) is 5.89. The molecule has 41 heavy (non-hydrogen) atoms. The van der Waals surface area contributed by atoms with Gasteiger partial charge in [-0.2, -0.15) is 9.97 Å². The molecule has 6 N–H and O–H groups in total. The monoisotopic (exact) mass is 592 g/mol. The van der Waals surface area contributed by atoms with Gasteiger partial charge in [0.1, 0.15) is 17.7 Å². The second-order valence-electron chi connectivity index (χ2n) is 9.67. The summed E-state index contributed by atoms with van der Waals surface area (Å²) in [6.45, 7) is 10.00. The van der Waals surface area contributed by atoms with E-state index in [1.165, 1.54) is 17.8 Å². The number of rotatable bonds is 13. The number of imidazole rings is 1. The van der Waals surface area contributed by atoms with Gasteiger partial charge in [0, 0.05) is 4.79 Å². The molecular formula is C25H35N7O8P+. The summed E-state index contributed by atoms with van der Waals surface area (Å²) in [5, 5.41) is 21.2. The molecule has 0 aliphatic carbocycles. The molecule has 3 aromatic rings. The number of anilines is 1. The Balaban J connectivity index is 1.60. The average Bonchev–Trinajstić information content (AvgIpc) is 3.46. The van der Waals surface area contributed by atoms with Crippen molar-refractivity contribution < 1.29 is 38.1 Å². The van der Waals surface area contributed by atoms with E-state index in [0.717, 1.165) is 0 Å². The van der Waals surface area contributed by atoms with E-state index in [-0.39, 0.29) is 17.5 Å². The Hall–Kier alpha value is -3.46. The van der Waals surface area contributed by atoms with Crippen LogP contribution in [0.25, 0.3) is 11.2 Å². The number of nitrogen functional groups attached to an aromatic ring is 1. The minimum absolute atomic E-state index is 0.0517. The second kappa shape index (κ2) is 12.2. The van der Waals surface area contributed by atoms with Crippen molar-refractivity contribution in [1.29, 1.82) is 0 Å². The number of fused-ring (bicyclic) bond motifs is 1. The Labute approximate surface area is 236 Å². The van der Waals surface area contributed by atoms with E-state index in [2.05, 4.69) is 31.7 Å². The van der Waals surface area contributed by atoms with Crippen LogP contribution in [-0.2, 0) is 23.1 Å². The van der Waals surface area contributed by atoms with Gasteiger partial charge < -0.3 is 25.4 Å². The minimum Gasteiger partial charge on any atom is -0.564 e. The highest BCUT2D eigenvalue weighted by Gasteiger charge is 2.55. The zero-order valence-electron chi connectivity index (χ0n) is 23.1. The van der Waals surface area contributed by atoms with E-state index < -0.39 is 56.4 Å². The predicted molar refractivity (Wildman–Crippen MR) is 149 cm³/mol. The van der Waals surface area contributed by atoms with Crippen LogP contribution in [0.15, 0.2) is 41.7 Å². The van der Waals surface area contributed by atoms with Gasteiger partial charge in [-0.05, 0) is 40.0 Å². The predicted octanol–water partition coefficient (Wildman–Crippen LogP) is 1.66. The number of nitrogens with two attached hydrogens (primary N) is 1. The van der Waals surface area contributed by atoms with Crippen LogP contribution in [0.4, 0.5) is 5.95 Å². The van der Waals surface area contributed by atoms with Gasteiger partial charge in [-0.3, -0.25) is 18.6 Å². The Morgan fingerprint density at radius 2 is 2.07 bits per heavy atom. The lowest BCUT2D eigenvalue weighted by molar-refractivity contribution is -0.138. The van der Waals surface area contributed by atoms with Crippen LogP contribution >= 0.6 is 7.75 Å². The van der Waals surface area contributed by atoms with Crippen LogP contribution in [-0.4, -0.2) is 79.4 Å². The number of aliphatic hydroxyl groups excluding tert-OH is 1. The summed E-state index contributed by atoms with van der Waals surface area (Å²) >= 11 is 0. The van der Waals surface area contributed by atoms with Crippen LogP contribution in [0, 0.1) is 0 Å². The van der Waals surface area contributed by atoms with Gasteiger partial charge in [0.05, 0.1) is 25.6 Å². The molecule has 1 aromatic carbocycles. The van der Waals surface area contributed by atoms with E-state index in [1.807, 2.05) is 6.07 Å². The van der Waals surface area contributed by atoms with Crippen molar-refractivity contribution >= 4 is 37.5 Å². The highest BCUT2D eigenvalue weighted by Crippen LogP contribution is 2.50. The van der Waals surface area contributed by atoms with Crippen molar-refractivity contribution in [3.63, 3.8) is 0 Å².